The highest BCUT2D eigenvalue weighted by atomic mass is 15.4. The van der Waals surface area contributed by atoms with E-state index in [0.29, 0.717) is 6.04 Å². The van der Waals surface area contributed by atoms with Gasteiger partial charge in [-0.3, -0.25) is 9.80 Å². The molecule has 1 fully saturated rings. The van der Waals surface area contributed by atoms with Gasteiger partial charge in [0.25, 0.3) is 0 Å². The van der Waals surface area contributed by atoms with Crippen molar-refractivity contribution < 1.29 is 0 Å². The summed E-state index contributed by atoms with van der Waals surface area (Å²) in [5.74, 6) is 0. The molecule has 1 aliphatic heterocycles. The highest BCUT2D eigenvalue weighted by molar-refractivity contribution is 5.65. The van der Waals surface area contributed by atoms with E-state index in [1.807, 2.05) is 0 Å². The zero-order valence-corrected chi connectivity index (χ0v) is 18.4. The molecule has 1 atom stereocenters. The molecule has 158 valence electrons. The van der Waals surface area contributed by atoms with Crippen molar-refractivity contribution in [3.05, 3.63) is 70.8 Å². The Labute approximate surface area is 182 Å². The standard InChI is InChI=1S/C27H35N3/c1-2-14-30(27-13-11-22-6-3-4-7-24(22)20-27)21-28-15-17-29(18-16-28)26-12-10-23-8-5-9-25(23)19-26/h3-7,9-10,12,19,27H,2,8,11,13-18,20-21H2,1H3. The summed E-state index contributed by atoms with van der Waals surface area (Å²) in [5, 5.41) is 0. The Balaban J connectivity index is 1.19. The number of benzene rings is 2. The second kappa shape index (κ2) is 8.95. The summed E-state index contributed by atoms with van der Waals surface area (Å²) in [5.41, 5.74) is 7.44. The quantitative estimate of drug-likeness (QED) is 0.700. The van der Waals surface area contributed by atoms with E-state index in [9.17, 15) is 0 Å². The molecule has 3 nitrogen and oxygen atoms in total. The van der Waals surface area contributed by atoms with Crippen molar-refractivity contribution in [2.75, 3.05) is 44.3 Å². The van der Waals surface area contributed by atoms with E-state index < -0.39 is 0 Å². The molecule has 2 aromatic carbocycles. The highest BCUT2D eigenvalue weighted by Gasteiger charge is 2.26. The van der Waals surface area contributed by atoms with Crippen LogP contribution in [-0.2, 0) is 19.3 Å². The average molecular weight is 402 g/mol. The number of piperazine rings is 1. The molecule has 0 aromatic heterocycles. The van der Waals surface area contributed by atoms with E-state index in [2.05, 4.69) is 76.2 Å². The summed E-state index contributed by atoms with van der Waals surface area (Å²) in [6, 6.07) is 16.8. The Morgan fingerprint density at radius 1 is 0.967 bits per heavy atom. The van der Waals surface area contributed by atoms with Gasteiger partial charge in [-0.25, -0.2) is 0 Å². The van der Waals surface area contributed by atoms with Crippen molar-refractivity contribution in [1.29, 1.82) is 0 Å². The summed E-state index contributed by atoms with van der Waals surface area (Å²) < 4.78 is 0. The maximum absolute atomic E-state index is 2.77. The predicted molar refractivity (Wildman–Crippen MR) is 127 cm³/mol. The number of anilines is 1. The third-order valence-corrected chi connectivity index (χ3v) is 7.23. The van der Waals surface area contributed by atoms with Crippen LogP contribution in [0, 0.1) is 0 Å². The molecular formula is C27H35N3. The molecule has 0 saturated carbocycles. The van der Waals surface area contributed by atoms with Gasteiger partial charge in [0.15, 0.2) is 0 Å². The highest BCUT2D eigenvalue weighted by Crippen LogP contribution is 2.27. The van der Waals surface area contributed by atoms with Crippen molar-refractivity contribution >= 4 is 11.8 Å². The molecule has 0 bridgehead atoms. The van der Waals surface area contributed by atoms with Crippen molar-refractivity contribution in [3.8, 4) is 0 Å². The fraction of sp³-hybridized carbons (Fsp3) is 0.481. The van der Waals surface area contributed by atoms with Crippen LogP contribution in [0.3, 0.4) is 0 Å². The number of fused-ring (bicyclic) bond motifs is 2. The average Bonchev–Trinajstić information content (AvgIpc) is 3.27. The van der Waals surface area contributed by atoms with Crippen LogP contribution in [-0.4, -0.2) is 55.2 Å². The number of hydrogen-bond acceptors (Lipinski definition) is 3. The lowest BCUT2D eigenvalue weighted by atomic mass is 9.87. The maximum atomic E-state index is 2.77. The third kappa shape index (κ3) is 4.19. The Morgan fingerprint density at radius 2 is 1.80 bits per heavy atom. The van der Waals surface area contributed by atoms with Gasteiger partial charge in [-0.15, -0.1) is 0 Å². The van der Waals surface area contributed by atoms with Crippen LogP contribution in [0.25, 0.3) is 6.08 Å². The van der Waals surface area contributed by atoms with Gasteiger partial charge in [-0.2, -0.15) is 0 Å². The Bertz CT molecular complexity index is 895. The van der Waals surface area contributed by atoms with Crippen molar-refractivity contribution in [2.24, 2.45) is 0 Å². The first-order valence-electron chi connectivity index (χ1n) is 11.9. The fourth-order valence-electron chi connectivity index (χ4n) is 5.48. The van der Waals surface area contributed by atoms with E-state index in [1.165, 1.54) is 49.0 Å². The third-order valence-electron chi connectivity index (χ3n) is 7.23. The SMILES string of the molecule is CCCN(CN1CCN(c2ccc3c(c2)C=CC3)CC1)C1CCc2ccccc2C1. The molecule has 30 heavy (non-hydrogen) atoms. The molecule has 0 spiro atoms. The van der Waals surface area contributed by atoms with Gasteiger partial charge < -0.3 is 4.90 Å². The van der Waals surface area contributed by atoms with E-state index in [-0.39, 0.29) is 0 Å². The minimum Gasteiger partial charge on any atom is -0.369 e. The van der Waals surface area contributed by atoms with Gasteiger partial charge in [0.05, 0.1) is 6.67 Å². The lowest BCUT2D eigenvalue weighted by molar-refractivity contribution is 0.0813. The lowest BCUT2D eigenvalue weighted by Gasteiger charge is -2.42. The topological polar surface area (TPSA) is 9.72 Å². The number of hydrogen-bond donors (Lipinski definition) is 0. The van der Waals surface area contributed by atoms with E-state index >= 15 is 0 Å². The van der Waals surface area contributed by atoms with Gasteiger partial charge in [-0.05, 0) is 73.0 Å². The molecule has 5 rings (SSSR count). The van der Waals surface area contributed by atoms with Crippen molar-refractivity contribution in [1.82, 2.24) is 9.80 Å². The molecule has 3 aliphatic rings. The first kappa shape index (κ1) is 19.8. The largest absolute Gasteiger partial charge is 0.369 e. The van der Waals surface area contributed by atoms with Crippen LogP contribution >= 0.6 is 0 Å². The van der Waals surface area contributed by atoms with Gasteiger partial charge >= 0.3 is 0 Å². The maximum Gasteiger partial charge on any atom is 0.0510 e. The zero-order chi connectivity index (χ0) is 20.3. The van der Waals surface area contributed by atoms with Gasteiger partial charge in [-0.1, -0.05) is 49.4 Å². The fourth-order valence-corrected chi connectivity index (χ4v) is 5.48. The molecule has 0 radical (unpaired) electrons. The summed E-state index contributed by atoms with van der Waals surface area (Å²) >= 11 is 0. The number of nitrogens with zero attached hydrogens (tertiary/aromatic N) is 3. The lowest BCUT2D eigenvalue weighted by Crippen LogP contribution is -2.52. The molecule has 2 aromatic rings. The monoisotopic (exact) mass is 401 g/mol. The second-order valence-corrected chi connectivity index (χ2v) is 9.21. The first-order chi connectivity index (χ1) is 14.8. The number of rotatable bonds is 6. The molecule has 0 N–H and O–H groups in total. The van der Waals surface area contributed by atoms with Crippen LogP contribution in [0.5, 0.6) is 0 Å². The molecule has 1 unspecified atom stereocenters. The van der Waals surface area contributed by atoms with Gasteiger partial charge in [0, 0.05) is 37.9 Å². The van der Waals surface area contributed by atoms with Crippen LogP contribution in [0.15, 0.2) is 48.5 Å². The van der Waals surface area contributed by atoms with E-state index in [4.69, 9.17) is 0 Å². The van der Waals surface area contributed by atoms with E-state index in [0.717, 1.165) is 39.3 Å². The van der Waals surface area contributed by atoms with Gasteiger partial charge in [0.1, 0.15) is 0 Å². The summed E-state index contributed by atoms with van der Waals surface area (Å²) in [4.78, 5) is 8.02. The Hall–Kier alpha value is -2.10. The van der Waals surface area contributed by atoms with Crippen LogP contribution in [0.2, 0.25) is 0 Å². The molecule has 1 heterocycles. The first-order valence-corrected chi connectivity index (χ1v) is 11.9. The van der Waals surface area contributed by atoms with E-state index in [1.54, 1.807) is 11.1 Å². The Morgan fingerprint density at radius 3 is 2.63 bits per heavy atom. The summed E-state index contributed by atoms with van der Waals surface area (Å²) in [6.45, 7) is 9.26. The molecular weight excluding hydrogens is 366 g/mol. The van der Waals surface area contributed by atoms with Crippen molar-refractivity contribution in [3.63, 3.8) is 0 Å². The minimum atomic E-state index is 0.696. The molecule has 1 saturated heterocycles. The molecule has 0 amide bonds. The van der Waals surface area contributed by atoms with Crippen LogP contribution < -0.4 is 4.90 Å². The summed E-state index contributed by atoms with van der Waals surface area (Å²) in [7, 11) is 0. The Kier molecular flexibility index (Phi) is 5.92. The number of aryl methyl sites for hydroxylation is 1. The van der Waals surface area contributed by atoms with Crippen molar-refractivity contribution in [2.45, 2.75) is 45.1 Å². The van der Waals surface area contributed by atoms with Crippen LogP contribution in [0.1, 0.15) is 42.0 Å². The normalized spacial score (nSPS) is 21.1. The molecule has 3 heteroatoms. The predicted octanol–water partition coefficient (Wildman–Crippen LogP) is 4.60. The number of allylic oxidation sites excluding steroid dienone is 1. The zero-order valence-electron chi connectivity index (χ0n) is 18.4. The second-order valence-electron chi connectivity index (χ2n) is 9.21. The minimum absolute atomic E-state index is 0.696. The molecule has 2 aliphatic carbocycles. The smallest absolute Gasteiger partial charge is 0.0510 e. The van der Waals surface area contributed by atoms with Gasteiger partial charge in [0.2, 0.25) is 0 Å². The van der Waals surface area contributed by atoms with Crippen LogP contribution in [0.4, 0.5) is 5.69 Å². The summed E-state index contributed by atoms with van der Waals surface area (Å²) in [6.07, 6.45) is 10.7.